The number of aryl methyl sites for hydroxylation is 1. The van der Waals surface area contributed by atoms with Gasteiger partial charge in [-0.2, -0.15) is 0 Å². The Morgan fingerprint density at radius 1 is 0.800 bits per heavy atom. The fourth-order valence-corrected chi connectivity index (χ4v) is 3.49. The summed E-state index contributed by atoms with van der Waals surface area (Å²) >= 11 is 0. The van der Waals surface area contributed by atoms with Crippen LogP contribution in [0.5, 0.6) is 5.75 Å². The molecule has 3 rings (SSSR count). The lowest BCUT2D eigenvalue weighted by atomic mass is 9.95. The maximum absolute atomic E-state index is 13.9. The van der Waals surface area contributed by atoms with Crippen LogP contribution in [0.15, 0.2) is 91.0 Å². The molecule has 0 aliphatic rings. The molecule has 4 nitrogen and oxygen atoms in total. The lowest BCUT2D eigenvalue weighted by Crippen LogP contribution is -2.07. The Morgan fingerprint density at radius 3 is 2.00 bits per heavy atom. The molecule has 35 heavy (non-hydrogen) atoms. The molecule has 0 saturated carbocycles. The van der Waals surface area contributed by atoms with Crippen LogP contribution in [0.25, 0.3) is 22.3 Å². The number of alkyl halides is 1. The number of hydrogen-bond acceptors (Lipinski definition) is 4. The van der Waals surface area contributed by atoms with E-state index in [1.807, 2.05) is 42.5 Å². The topological polar surface area (TPSA) is 52.6 Å². The van der Waals surface area contributed by atoms with Crippen molar-refractivity contribution in [2.24, 2.45) is 0 Å². The van der Waals surface area contributed by atoms with E-state index < -0.39 is 12.6 Å². The van der Waals surface area contributed by atoms with E-state index in [-0.39, 0.29) is 5.97 Å². The molecule has 0 amide bonds. The lowest BCUT2D eigenvalue weighted by Gasteiger charge is -2.12. The number of carbonyl (C=O) groups excluding carboxylic acids is 2. The van der Waals surface area contributed by atoms with E-state index in [4.69, 9.17) is 9.47 Å². The Labute approximate surface area is 205 Å². The van der Waals surface area contributed by atoms with Crippen molar-refractivity contribution in [1.29, 1.82) is 0 Å². The zero-order chi connectivity index (χ0) is 25.4. The van der Waals surface area contributed by atoms with Gasteiger partial charge in [-0.1, -0.05) is 61.7 Å². The van der Waals surface area contributed by atoms with E-state index in [0.717, 1.165) is 40.7 Å². The molecule has 0 saturated heterocycles. The van der Waals surface area contributed by atoms with Crippen molar-refractivity contribution in [1.82, 2.24) is 0 Å². The molecule has 0 radical (unpaired) electrons. The van der Waals surface area contributed by atoms with E-state index in [1.54, 1.807) is 38.1 Å². The molecule has 0 fully saturated rings. The average Bonchev–Trinajstić information content (AvgIpc) is 2.86. The molecular weight excluding hydrogens is 443 g/mol. The third-order valence-corrected chi connectivity index (χ3v) is 5.45. The maximum atomic E-state index is 13.9. The van der Waals surface area contributed by atoms with Crippen molar-refractivity contribution >= 4 is 11.9 Å². The molecule has 0 heterocycles. The molecule has 3 aromatic carbocycles. The first-order valence-electron chi connectivity index (χ1n) is 11.4. The number of hydrogen-bond donors (Lipinski definition) is 0. The van der Waals surface area contributed by atoms with Crippen LogP contribution in [0.3, 0.4) is 0 Å². The predicted octanol–water partition coefficient (Wildman–Crippen LogP) is 7.02. The minimum absolute atomic E-state index is 0.321. The third kappa shape index (κ3) is 7.00. The summed E-state index contributed by atoms with van der Waals surface area (Å²) in [7, 11) is 0. The van der Waals surface area contributed by atoms with Crippen LogP contribution in [0, 0.1) is 0 Å². The molecule has 0 bridgehead atoms. The van der Waals surface area contributed by atoms with E-state index in [9.17, 15) is 14.0 Å². The van der Waals surface area contributed by atoms with Gasteiger partial charge in [0.1, 0.15) is 12.4 Å². The highest BCUT2D eigenvalue weighted by molar-refractivity contribution is 5.89. The Morgan fingerprint density at radius 2 is 1.40 bits per heavy atom. The number of rotatable bonds is 10. The van der Waals surface area contributed by atoms with Gasteiger partial charge in [0.2, 0.25) is 0 Å². The lowest BCUT2D eigenvalue weighted by molar-refractivity contribution is -0.139. The van der Waals surface area contributed by atoms with Crippen molar-refractivity contribution in [3.8, 4) is 28.0 Å². The van der Waals surface area contributed by atoms with Gasteiger partial charge < -0.3 is 9.47 Å². The molecule has 180 valence electrons. The van der Waals surface area contributed by atoms with Gasteiger partial charge in [-0.05, 0) is 78.3 Å². The Kier molecular flexibility index (Phi) is 8.74. The van der Waals surface area contributed by atoms with Crippen LogP contribution in [0.2, 0.25) is 0 Å². The maximum Gasteiger partial charge on any atom is 0.338 e. The summed E-state index contributed by atoms with van der Waals surface area (Å²) in [5, 5.41) is 0. The molecule has 0 spiro atoms. The van der Waals surface area contributed by atoms with Crippen molar-refractivity contribution in [3.05, 3.63) is 102 Å². The minimum atomic E-state index is -0.601. The number of benzene rings is 3. The first-order valence-corrected chi connectivity index (χ1v) is 11.4. The van der Waals surface area contributed by atoms with Gasteiger partial charge in [-0.15, -0.1) is 0 Å². The van der Waals surface area contributed by atoms with E-state index in [2.05, 4.69) is 13.2 Å². The van der Waals surface area contributed by atoms with Crippen LogP contribution in [0.1, 0.15) is 31.4 Å². The summed E-state index contributed by atoms with van der Waals surface area (Å²) in [5.74, 6) is -0.437. The normalized spacial score (nSPS) is 10.5. The molecule has 0 aliphatic carbocycles. The summed E-state index contributed by atoms with van der Waals surface area (Å²) in [6, 6.07) is 20.8. The first-order chi connectivity index (χ1) is 16.8. The summed E-state index contributed by atoms with van der Waals surface area (Å²) in [6.45, 7) is 10.1. The van der Waals surface area contributed by atoms with Crippen molar-refractivity contribution in [2.45, 2.75) is 33.4 Å². The average molecular weight is 473 g/mol. The number of halogens is 1. The Balaban J connectivity index is 1.68. The minimum Gasteiger partial charge on any atom is -0.462 e. The van der Waals surface area contributed by atoms with Crippen LogP contribution in [0.4, 0.5) is 4.39 Å². The van der Waals surface area contributed by atoms with Crippen LogP contribution in [-0.2, 0) is 27.4 Å². The largest absolute Gasteiger partial charge is 0.462 e. The van der Waals surface area contributed by atoms with Crippen LogP contribution in [-0.4, -0.2) is 18.5 Å². The zero-order valence-corrected chi connectivity index (χ0v) is 20.1. The molecule has 0 atom stereocenters. The van der Waals surface area contributed by atoms with Gasteiger partial charge >= 0.3 is 11.9 Å². The molecule has 0 unspecified atom stereocenters. The van der Waals surface area contributed by atoms with E-state index in [0.29, 0.717) is 29.1 Å². The second kappa shape index (κ2) is 11.9. The van der Waals surface area contributed by atoms with Crippen molar-refractivity contribution in [2.75, 3.05) is 6.61 Å². The van der Waals surface area contributed by atoms with Gasteiger partial charge in [0.25, 0.3) is 0 Å². The van der Waals surface area contributed by atoms with Gasteiger partial charge in [-0.3, -0.25) is 0 Å². The molecule has 5 heteroatoms. The smallest absolute Gasteiger partial charge is 0.338 e. The van der Waals surface area contributed by atoms with Crippen molar-refractivity contribution in [3.63, 3.8) is 0 Å². The summed E-state index contributed by atoms with van der Waals surface area (Å²) in [4.78, 5) is 23.1. The number of carbonyl (C=O) groups is 2. The Bertz CT molecular complexity index is 1220. The van der Waals surface area contributed by atoms with E-state index >= 15 is 0 Å². The molecular formula is C30H29FO4. The van der Waals surface area contributed by atoms with Crippen molar-refractivity contribution < 1.29 is 23.5 Å². The number of ether oxygens (including phenoxy) is 2. The second-order valence-corrected chi connectivity index (χ2v) is 8.42. The third-order valence-electron chi connectivity index (χ3n) is 5.45. The fourth-order valence-electron chi connectivity index (χ4n) is 3.49. The highest BCUT2D eigenvalue weighted by Gasteiger charge is 2.10. The SMILES string of the molecule is C=C(C)C(=O)OCCCc1ccc(-c2ccc(-c3ccc(OC(=O)C(=C)C)cc3)c(CF)c2)cc1. The predicted molar refractivity (Wildman–Crippen MR) is 137 cm³/mol. The molecule has 0 N–H and O–H groups in total. The van der Waals surface area contributed by atoms with Gasteiger partial charge in [0.05, 0.1) is 6.61 Å². The monoisotopic (exact) mass is 472 g/mol. The fraction of sp³-hybridized carbons (Fsp3) is 0.200. The van der Waals surface area contributed by atoms with Crippen LogP contribution < -0.4 is 4.74 Å². The summed E-state index contributed by atoms with van der Waals surface area (Å²) in [5.41, 5.74) is 5.97. The second-order valence-electron chi connectivity index (χ2n) is 8.42. The van der Waals surface area contributed by atoms with Gasteiger partial charge in [-0.25, -0.2) is 14.0 Å². The highest BCUT2D eigenvalue weighted by atomic mass is 19.1. The molecule has 3 aromatic rings. The quantitative estimate of drug-likeness (QED) is 0.138. The molecule has 0 aromatic heterocycles. The summed E-state index contributed by atoms with van der Waals surface area (Å²) < 4.78 is 24.3. The van der Waals surface area contributed by atoms with Gasteiger partial charge in [0, 0.05) is 11.1 Å². The Hall–Kier alpha value is -3.99. The first kappa shape index (κ1) is 25.6. The highest BCUT2D eigenvalue weighted by Crippen LogP contribution is 2.31. The van der Waals surface area contributed by atoms with Crippen LogP contribution >= 0.6 is 0 Å². The molecule has 0 aliphatic heterocycles. The number of esters is 2. The zero-order valence-electron chi connectivity index (χ0n) is 20.1. The van der Waals surface area contributed by atoms with Gasteiger partial charge in [0.15, 0.2) is 0 Å². The standard InChI is InChI=1S/C30H29FO4/c1-20(2)29(32)34-17-5-6-22-7-9-23(10-8-22)25-13-16-28(26(18-25)19-31)24-11-14-27(15-12-24)35-30(33)21(3)4/h7-16,18H,1,3,5-6,17,19H2,2,4H3. The van der Waals surface area contributed by atoms with E-state index in [1.165, 1.54) is 0 Å². The summed E-state index contributed by atoms with van der Waals surface area (Å²) in [6.07, 6.45) is 1.51.